The molecule has 29 heavy (non-hydrogen) atoms. The molecule has 8 nitrogen and oxygen atoms in total. The average molecular weight is 407 g/mol. The maximum atomic E-state index is 12.2. The molecule has 0 bridgehead atoms. The zero-order valence-corrected chi connectivity index (χ0v) is 17.4. The quantitative estimate of drug-likeness (QED) is 0.478. The summed E-state index contributed by atoms with van der Waals surface area (Å²) >= 11 is 0. The molecule has 1 aromatic heterocycles. The molecule has 1 aromatic rings. The zero-order valence-electron chi connectivity index (χ0n) is 17.4. The van der Waals surface area contributed by atoms with Gasteiger partial charge >= 0.3 is 0 Å². The number of rotatable bonds is 9. The average Bonchev–Trinajstić information content (AvgIpc) is 3.45. The number of amides is 1. The van der Waals surface area contributed by atoms with Crippen LogP contribution < -0.4 is 10.6 Å². The number of guanidine groups is 1. The maximum absolute atomic E-state index is 12.2. The highest BCUT2D eigenvalue weighted by Crippen LogP contribution is 2.13. The van der Waals surface area contributed by atoms with Crippen molar-refractivity contribution >= 4 is 11.9 Å². The monoisotopic (exact) mass is 406 g/mol. The van der Waals surface area contributed by atoms with E-state index in [9.17, 15) is 4.79 Å². The van der Waals surface area contributed by atoms with Crippen molar-refractivity contribution in [3.8, 4) is 0 Å². The van der Waals surface area contributed by atoms with Gasteiger partial charge in [0.25, 0.3) is 0 Å². The lowest BCUT2D eigenvalue weighted by atomic mass is 10.0. The van der Waals surface area contributed by atoms with Gasteiger partial charge in [-0.3, -0.25) is 9.79 Å². The molecule has 3 rings (SSSR count). The molecular weight excluding hydrogens is 372 g/mol. The number of nitrogens with one attached hydrogen (secondary N) is 2. The Labute approximate surface area is 173 Å². The van der Waals surface area contributed by atoms with Gasteiger partial charge in [-0.05, 0) is 37.8 Å². The second-order valence-electron chi connectivity index (χ2n) is 7.62. The van der Waals surface area contributed by atoms with Crippen LogP contribution in [-0.2, 0) is 20.7 Å². The SMILES string of the molecule is COCCC(=O)N1CCC(NC(=NCC2CCCO2)NCCc2ccco2)CC1. The first-order valence-electron chi connectivity index (χ1n) is 10.7. The van der Waals surface area contributed by atoms with Gasteiger partial charge in [0.15, 0.2) is 5.96 Å². The van der Waals surface area contributed by atoms with Crippen LogP contribution >= 0.6 is 0 Å². The molecule has 162 valence electrons. The van der Waals surface area contributed by atoms with Gasteiger partial charge in [0.05, 0.1) is 31.9 Å². The Hall–Kier alpha value is -2.06. The summed E-state index contributed by atoms with van der Waals surface area (Å²) in [5, 5.41) is 6.97. The molecule has 1 atom stereocenters. The number of carbonyl (C=O) groups excluding carboxylic acids is 1. The number of carbonyl (C=O) groups is 1. The van der Waals surface area contributed by atoms with E-state index in [1.807, 2.05) is 17.0 Å². The van der Waals surface area contributed by atoms with Crippen LogP contribution in [-0.4, -0.2) is 75.4 Å². The molecule has 0 spiro atoms. The smallest absolute Gasteiger partial charge is 0.224 e. The fourth-order valence-electron chi connectivity index (χ4n) is 3.71. The molecule has 0 aliphatic carbocycles. The number of hydrogen-bond acceptors (Lipinski definition) is 5. The Kier molecular flexibility index (Phi) is 8.82. The van der Waals surface area contributed by atoms with Crippen molar-refractivity contribution in [2.24, 2.45) is 4.99 Å². The van der Waals surface area contributed by atoms with Gasteiger partial charge in [-0.1, -0.05) is 0 Å². The third-order valence-electron chi connectivity index (χ3n) is 5.43. The van der Waals surface area contributed by atoms with E-state index >= 15 is 0 Å². The third-order valence-corrected chi connectivity index (χ3v) is 5.43. The predicted molar refractivity (Wildman–Crippen MR) is 111 cm³/mol. The van der Waals surface area contributed by atoms with Crippen molar-refractivity contribution in [1.82, 2.24) is 15.5 Å². The number of nitrogens with zero attached hydrogens (tertiary/aromatic N) is 2. The van der Waals surface area contributed by atoms with Crippen LogP contribution in [0, 0.1) is 0 Å². The summed E-state index contributed by atoms with van der Waals surface area (Å²) in [6.45, 7) is 4.28. The molecule has 2 fully saturated rings. The van der Waals surface area contributed by atoms with Crippen LogP contribution in [0.5, 0.6) is 0 Å². The topological polar surface area (TPSA) is 88.3 Å². The minimum absolute atomic E-state index is 0.175. The van der Waals surface area contributed by atoms with E-state index in [0.717, 1.165) is 70.1 Å². The maximum Gasteiger partial charge on any atom is 0.224 e. The lowest BCUT2D eigenvalue weighted by molar-refractivity contribution is -0.133. The summed E-state index contributed by atoms with van der Waals surface area (Å²) in [6.07, 6.45) is 7.20. The standard InChI is InChI=1S/C21H34N4O4/c1-27-15-9-20(26)25-11-7-17(8-12-25)24-21(23-16-19-5-3-14-29-19)22-10-6-18-4-2-13-28-18/h2,4,13,17,19H,3,5-12,14-16H2,1H3,(H2,22,23,24). The first-order chi connectivity index (χ1) is 14.2. The van der Waals surface area contributed by atoms with Gasteiger partial charge in [0, 0.05) is 45.8 Å². The van der Waals surface area contributed by atoms with E-state index in [-0.39, 0.29) is 12.0 Å². The highest BCUT2D eigenvalue weighted by Gasteiger charge is 2.23. The van der Waals surface area contributed by atoms with Gasteiger partial charge in [-0.15, -0.1) is 0 Å². The molecular formula is C21H34N4O4. The first kappa shape index (κ1) is 21.6. The van der Waals surface area contributed by atoms with E-state index < -0.39 is 0 Å². The van der Waals surface area contributed by atoms with E-state index in [2.05, 4.69) is 10.6 Å². The van der Waals surface area contributed by atoms with Crippen LogP contribution in [0.4, 0.5) is 0 Å². The van der Waals surface area contributed by atoms with Crippen LogP contribution in [0.15, 0.2) is 27.8 Å². The third kappa shape index (κ3) is 7.36. The fourth-order valence-corrected chi connectivity index (χ4v) is 3.71. The molecule has 0 aromatic carbocycles. The van der Waals surface area contributed by atoms with Crippen LogP contribution in [0.2, 0.25) is 0 Å². The highest BCUT2D eigenvalue weighted by molar-refractivity contribution is 5.80. The van der Waals surface area contributed by atoms with Gasteiger partial charge in [0.1, 0.15) is 5.76 Å². The molecule has 8 heteroatoms. The van der Waals surface area contributed by atoms with Gasteiger partial charge in [0.2, 0.25) is 5.91 Å². The van der Waals surface area contributed by atoms with Gasteiger partial charge < -0.3 is 29.4 Å². The Morgan fingerprint density at radius 2 is 2.21 bits per heavy atom. The lowest BCUT2D eigenvalue weighted by Crippen LogP contribution is -2.50. The van der Waals surface area contributed by atoms with E-state index in [1.54, 1.807) is 13.4 Å². The van der Waals surface area contributed by atoms with E-state index in [1.165, 1.54) is 0 Å². The first-order valence-corrected chi connectivity index (χ1v) is 10.7. The number of likely N-dealkylation sites (tertiary alicyclic amines) is 1. The molecule has 2 aliphatic heterocycles. The number of aliphatic imine (C=N–C) groups is 1. The minimum atomic E-state index is 0.175. The summed E-state index contributed by atoms with van der Waals surface area (Å²) in [6, 6.07) is 4.19. The predicted octanol–water partition coefficient (Wildman–Crippen LogP) is 1.56. The molecule has 1 unspecified atom stereocenters. The minimum Gasteiger partial charge on any atom is -0.469 e. The lowest BCUT2D eigenvalue weighted by Gasteiger charge is -2.33. The molecule has 3 heterocycles. The largest absolute Gasteiger partial charge is 0.469 e. The van der Waals surface area contributed by atoms with Crippen molar-refractivity contribution < 1.29 is 18.7 Å². The Bertz CT molecular complexity index is 621. The van der Waals surface area contributed by atoms with Crippen molar-refractivity contribution in [1.29, 1.82) is 0 Å². The Morgan fingerprint density at radius 3 is 2.90 bits per heavy atom. The van der Waals surface area contributed by atoms with E-state index in [0.29, 0.717) is 25.6 Å². The Balaban J connectivity index is 1.46. The summed E-state index contributed by atoms with van der Waals surface area (Å²) in [5.74, 6) is 1.95. The second-order valence-corrected chi connectivity index (χ2v) is 7.62. The Morgan fingerprint density at radius 1 is 1.34 bits per heavy atom. The van der Waals surface area contributed by atoms with Crippen molar-refractivity contribution in [2.45, 2.75) is 50.7 Å². The summed E-state index contributed by atoms with van der Waals surface area (Å²) in [4.78, 5) is 18.8. The molecule has 2 saturated heterocycles. The van der Waals surface area contributed by atoms with Crippen molar-refractivity contribution in [2.75, 3.05) is 46.5 Å². The molecule has 2 aliphatic rings. The van der Waals surface area contributed by atoms with Crippen molar-refractivity contribution in [3.05, 3.63) is 24.2 Å². The number of furan rings is 1. The van der Waals surface area contributed by atoms with Crippen LogP contribution in [0.25, 0.3) is 0 Å². The zero-order chi connectivity index (χ0) is 20.3. The number of hydrogen-bond donors (Lipinski definition) is 2. The molecule has 2 N–H and O–H groups in total. The molecule has 0 radical (unpaired) electrons. The normalized spacial score (nSPS) is 20.8. The summed E-state index contributed by atoms with van der Waals surface area (Å²) < 4.78 is 16.1. The van der Waals surface area contributed by atoms with Crippen molar-refractivity contribution in [3.63, 3.8) is 0 Å². The van der Waals surface area contributed by atoms with Crippen LogP contribution in [0.1, 0.15) is 37.9 Å². The van der Waals surface area contributed by atoms with Gasteiger partial charge in [-0.25, -0.2) is 0 Å². The fraction of sp³-hybridized carbons (Fsp3) is 0.714. The van der Waals surface area contributed by atoms with E-state index in [4.69, 9.17) is 18.9 Å². The number of methoxy groups -OCH3 is 1. The highest BCUT2D eigenvalue weighted by atomic mass is 16.5. The molecule has 0 saturated carbocycles. The molecule has 1 amide bonds. The number of piperidine rings is 1. The summed E-state index contributed by atoms with van der Waals surface area (Å²) in [7, 11) is 1.62. The summed E-state index contributed by atoms with van der Waals surface area (Å²) in [5.41, 5.74) is 0. The number of ether oxygens (including phenoxy) is 2. The second kappa shape index (κ2) is 11.8. The van der Waals surface area contributed by atoms with Crippen LogP contribution in [0.3, 0.4) is 0 Å². The van der Waals surface area contributed by atoms with Gasteiger partial charge in [-0.2, -0.15) is 0 Å².